The van der Waals surface area contributed by atoms with Gasteiger partial charge in [-0.15, -0.1) is 0 Å². The SMILES string of the molecule is COCC(N=C(N)N)ON=C(N)Nc1nc(C)cc(N(C)C)n1. The highest BCUT2D eigenvalue weighted by Crippen LogP contribution is 2.11. The fraction of sp³-hybridized carbons (Fsp3) is 0.500. The zero-order valence-electron chi connectivity index (χ0n) is 13.6. The van der Waals surface area contributed by atoms with Crippen molar-refractivity contribution in [3.8, 4) is 0 Å². The van der Waals surface area contributed by atoms with E-state index in [0.717, 1.165) is 11.5 Å². The van der Waals surface area contributed by atoms with E-state index in [1.54, 1.807) is 0 Å². The standard InChI is InChI=1S/C12H23N9O2/c1-7-5-8(21(2)3)17-12(16-7)19-11(15)20-23-9(6-22-4)18-10(13)14/h5,9H,6H2,1-4H3,(H4,13,14,18)(H3,15,16,17,19,20). The number of anilines is 2. The van der Waals surface area contributed by atoms with Crippen LogP contribution in [0.2, 0.25) is 0 Å². The number of aromatic nitrogens is 2. The largest absolute Gasteiger partial charge is 0.379 e. The molecule has 0 amide bonds. The number of oxime groups is 1. The molecule has 1 heterocycles. The molecule has 11 nitrogen and oxygen atoms in total. The van der Waals surface area contributed by atoms with Gasteiger partial charge in [-0.25, -0.2) is 9.98 Å². The first-order valence-electron chi connectivity index (χ1n) is 6.68. The normalized spacial score (nSPS) is 12.4. The molecule has 1 aromatic rings. The van der Waals surface area contributed by atoms with Crippen molar-refractivity contribution in [3.63, 3.8) is 0 Å². The molecular formula is C12H23N9O2. The molecule has 1 rings (SSSR count). The van der Waals surface area contributed by atoms with Crippen molar-refractivity contribution in [1.82, 2.24) is 9.97 Å². The molecule has 1 aromatic heterocycles. The van der Waals surface area contributed by atoms with Crippen molar-refractivity contribution in [2.45, 2.75) is 13.2 Å². The van der Waals surface area contributed by atoms with Crippen LogP contribution in [-0.4, -0.2) is 55.9 Å². The highest BCUT2D eigenvalue weighted by Gasteiger charge is 2.09. The Morgan fingerprint density at radius 2 is 2.04 bits per heavy atom. The second-order valence-corrected chi connectivity index (χ2v) is 4.76. The maximum atomic E-state index is 5.73. The molecular weight excluding hydrogens is 302 g/mol. The van der Waals surface area contributed by atoms with Gasteiger partial charge in [0, 0.05) is 33.0 Å². The van der Waals surface area contributed by atoms with Gasteiger partial charge in [-0.05, 0) is 12.1 Å². The van der Waals surface area contributed by atoms with E-state index in [4.69, 9.17) is 26.8 Å². The summed E-state index contributed by atoms with van der Waals surface area (Å²) in [6, 6.07) is 1.84. The molecule has 7 N–H and O–H groups in total. The Labute approximate surface area is 134 Å². The number of hydrogen-bond acceptors (Lipinski definition) is 7. The Hall–Kier alpha value is -2.82. The molecule has 0 radical (unpaired) electrons. The number of nitrogens with two attached hydrogens (primary N) is 3. The third-order valence-corrected chi connectivity index (χ3v) is 2.41. The maximum absolute atomic E-state index is 5.73. The summed E-state index contributed by atoms with van der Waals surface area (Å²) in [6.07, 6.45) is -0.805. The van der Waals surface area contributed by atoms with Gasteiger partial charge in [-0.1, -0.05) is 0 Å². The van der Waals surface area contributed by atoms with E-state index in [1.807, 2.05) is 32.0 Å². The van der Waals surface area contributed by atoms with Crippen LogP contribution in [0, 0.1) is 6.92 Å². The number of ether oxygens (including phenoxy) is 1. The molecule has 128 valence electrons. The summed E-state index contributed by atoms with van der Waals surface area (Å²) < 4.78 is 4.91. The van der Waals surface area contributed by atoms with Crippen molar-refractivity contribution in [1.29, 1.82) is 0 Å². The molecule has 0 fully saturated rings. The molecule has 0 bridgehead atoms. The van der Waals surface area contributed by atoms with Crippen molar-refractivity contribution in [2.75, 3.05) is 38.0 Å². The zero-order chi connectivity index (χ0) is 17.4. The molecule has 0 aliphatic heterocycles. The van der Waals surface area contributed by atoms with Gasteiger partial charge >= 0.3 is 0 Å². The van der Waals surface area contributed by atoms with Crippen LogP contribution in [0.25, 0.3) is 0 Å². The lowest BCUT2D eigenvalue weighted by Gasteiger charge is -2.14. The Balaban J connectivity index is 2.78. The number of hydrogen-bond donors (Lipinski definition) is 4. The quantitative estimate of drug-likeness (QED) is 0.272. The summed E-state index contributed by atoms with van der Waals surface area (Å²) >= 11 is 0. The monoisotopic (exact) mass is 325 g/mol. The molecule has 0 spiro atoms. The predicted octanol–water partition coefficient (Wildman–Crippen LogP) is -1.24. The van der Waals surface area contributed by atoms with Gasteiger partial charge in [0.25, 0.3) is 0 Å². The average Bonchev–Trinajstić information content (AvgIpc) is 2.43. The van der Waals surface area contributed by atoms with Gasteiger partial charge in [-0.3, -0.25) is 5.32 Å². The van der Waals surface area contributed by atoms with E-state index in [2.05, 4.69) is 25.4 Å². The number of aliphatic imine (C=N–C) groups is 1. The number of nitrogens with zero attached hydrogens (tertiary/aromatic N) is 5. The Morgan fingerprint density at radius 3 is 2.61 bits per heavy atom. The minimum absolute atomic E-state index is 0.0489. The van der Waals surface area contributed by atoms with Crippen molar-refractivity contribution >= 4 is 23.7 Å². The van der Waals surface area contributed by atoms with E-state index in [-0.39, 0.29) is 18.5 Å². The van der Waals surface area contributed by atoms with Gasteiger partial charge < -0.3 is 31.7 Å². The molecule has 11 heteroatoms. The first-order chi connectivity index (χ1) is 10.8. The molecule has 0 saturated carbocycles. The van der Waals surface area contributed by atoms with Gasteiger partial charge in [0.2, 0.25) is 18.1 Å². The van der Waals surface area contributed by atoms with E-state index >= 15 is 0 Å². The van der Waals surface area contributed by atoms with Gasteiger partial charge in [-0.2, -0.15) is 4.98 Å². The van der Waals surface area contributed by atoms with Crippen LogP contribution in [0.15, 0.2) is 16.2 Å². The third-order valence-electron chi connectivity index (χ3n) is 2.41. The first kappa shape index (κ1) is 18.2. The van der Waals surface area contributed by atoms with E-state index in [9.17, 15) is 0 Å². The van der Waals surface area contributed by atoms with Crippen molar-refractivity contribution < 1.29 is 9.57 Å². The zero-order valence-corrected chi connectivity index (χ0v) is 13.6. The molecule has 23 heavy (non-hydrogen) atoms. The predicted molar refractivity (Wildman–Crippen MR) is 88.9 cm³/mol. The van der Waals surface area contributed by atoms with Crippen LogP contribution in [0.5, 0.6) is 0 Å². The number of guanidine groups is 2. The number of nitrogens with one attached hydrogen (secondary N) is 1. The highest BCUT2D eigenvalue weighted by atomic mass is 16.7. The van der Waals surface area contributed by atoms with Crippen LogP contribution in [-0.2, 0) is 9.57 Å². The number of rotatable bonds is 7. The van der Waals surface area contributed by atoms with E-state index in [1.165, 1.54) is 7.11 Å². The summed E-state index contributed by atoms with van der Waals surface area (Å²) in [5, 5.41) is 6.42. The fourth-order valence-electron chi connectivity index (χ4n) is 1.49. The summed E-state index contributed by atoms with van der Waals surface area (Å²) in [6.45, 7) is 1.96. The van der Waals surface area contributed by atoms with Crippen LogP contribution < -0.4 is 27.4 Å². The molecule has 1 atom stereocenters. The second kappa shape index (κ2) is 8.58. The topological polar surface area (TPSA) is 162 Å². The van der Waals surface area contributed by atoms with Crippen LogP contribution in [0.1, 0.15) is 5.69 Å². The lowest BCUT2D eigenvalue weighted by Crippen LogP contribution is -2.29. The Kier molecular flexibility index (Phi) is 6.80. The highest BCUT2D eigenvalue weighted by molar-refractivity contribution is 5.90. The van der Waals surface area contributed by atoms with Crippen LogP contribution in [0.3, 0.4) is 0 Å². The van der Waals surface area contributed by atoms with Crippen molar-refractivity contribution in [2.24, 2.45) is 27.3 Å². The van der Waals surface area contributed by atoms with Crippen LogP contribution >= 0.6 is 0 Å². The summed E-state index contributed by atoms with van der Waals surface area (Å²) in [5.74, 6) is 0.828. The first-order valence-corrected chi connectivity index (χ1v) is 6.68. The van der Waals surface area contributed by atoms with Crippen molar-refractivity contribution in [3.05, 3.63) is 11.8 Å². The lowest BCUT2D eigenvalue weighted by molar-refractivity contribution is 0.00634. The summed E-state index contributed by atoms with van der Waals surface area (Å²) in [5.41, 5.74) is 17.1. The third kappa shape index (κ3) is 6.65. The van der Waals surface area contributed by atoms with Gasteiger partial charge in [0.1, 0.15) is 12.4 Å². The number of aryl methyl sites for hydroxylation is 1. The Bertz CT molecular complexity index is 570. The minimum Gasteiger partial charge on any atom is -0.379 e. The lowest BCUT2D eigenvalue weighted by atomic mass is 10.4. The fourth-order valence-corrected chi connectivity index (χ4v) is 1.49. The molecule has 0 aromatic carbocycles. The smallest absolute Gasteiger partial charge is 0.243 e. The summed E-state index contributed by atoms with van der Waals surface area (Å²) in [7, 11) is 5.22. The molecule has 0 aliphatic carbocycles. The van der Waals surface area contributed by atoms with E-state index < -0.39 is 6.23 Å². The van der Waals surface area contributed by atoms with Crippen LogP contribution in [0.4, 0.5) is 11.8 Å². The molecule has 0 aliphatic rings. The molecule has 0 saturated heterocycles. The van der Waals surface area contributed by atoms with Gasteiger partial charge in [0.15, 0.2) is 5.96 Å². The van der Waals surface area contributed by atoms with Gasteiger partial charge in [0.05, 0.1) is 0 Å². The molecule has 1 unspecified atom stereocenters. The Morgan fingerprint density at radius 1 is 1.35 bits per heavy atom. The summed E-state index contributed by atoms with van der Waals surface area (Å²) in [4.78, 5) is 19.2. The maximum Gasteiger partial charge on any atom is 0.243 e. The average molecular weight is 325 g/mol. The second-order valence-electron chi connectivity index (χ2n) is 4.76. The number of methoxy groups -OCH3 is 1. The van der Waals surface area contributed by atoms with E-state index in [0.29, 0.717) is 5.95 Å². The minimum atomic E-state index is -0.805.